The van der Waals surface area contributed by atoms with Crippen LogP contribution in [0, 0.1) is 6.92 Å². The van der Waals surface area contributed by atoms with Crippen molar-refractivity contribution in [3.05, 3.63) is 17.1 Å². The summed E-state index contributed by atoms with van der Waals surface area (Å²) in [5, 5.41) is 0. The second-order valence-electron chi connectivity index (χ2n) is 3.58. The summed E-state index contributed by atoms with van der Waals surface area (Å²) in [6.45, 7) is 4.48. The van der Waals surface area contributed by atoms with Crippen LogP contribution in [0.25, 0.3) is 0 Å². The van der Waals surface area contributed by atoms with Gasteiger partial charge in [0.05, 0.1) is 18.9 Å². The first kappa shape index (κ1) is 10.9. The highest BCUT2D eigenvalue weighted by molar-refractivity contribution is 5.88. The molecule has 1 aromatic rings. The first-order valence-corrected chi connectivity index (χ1v) is 5.39. The summed E-state index contributed by atoms with van der Waals surface area (Å²) in [5.41, 5.74) is 1.68. The molecule has 0 saturated heterocycles. The number of carbonyl (C=O) groups is 1. The quantitative estimate of drug-likeness (QED) is 0.705. The molecule has 0 amide bonds. The van der Waals surface area contributed by atoms with E-state index in [9.17, 15) is 4.79 Å². The minimum absolute atomic E-state index is 0.252. The standard InChI is InChI=1S/C11H14N2O3/c1-3-15-11(14)9-7(2)12-8-5-4-6-16-10(8)13-9/h3-6H2,1-2H3. The van der Waals surface area contributed by atoms with E-state index in [1.165, 1.54) is 0 Å². The van der Waals surface area contributed by atoms with E-state index in [0.717, 1.165) is 18.5 Å². The van der Waals surface area contributed by atoms with E-state index in [1.54, 1.807) is 13.8 Å². The molecule has 0 aliphatic carbocycles. The number of aryl methyl sites for hydroxylation is 2. The van der Waals surface area contributed by atoms with Crippen LogP contribution in [-0.2, 0) is 11.2 Å². The van der Waals surface area contributed by atoms with Gasteiger partial charge < -0.3 is 9.47 Å². The van der Waals surface area contributed by atoms with Crippen LogP contribution in [0.5, 0.6) is 5.88 Å². The van der Waals surface area contributed by atoms with Crippen molar-refractivity contribution in [1.29, 1.82) is 0 Å². The Morgan fingerprint density at radius 2 is 2.31 bits per heavy atom. The predicted molar refractivity (Wildman–Crippen MR) is 56.5 cm³/mol. The zero-order valence-corrected chi connectivity index (χ0v) is 9.45. The van der Waals surface area contributed by atoms with E-state index < -0.39 is 5.97 Å². The molecule has 0 aromatic carbocycles. The Morgan fingerprint density at radius 1 is 1.50 bits per heavy atom. The van der Waals surface area contributed by atoms with Gasteiger partial charge in [0.2, 0.25) is 5.88 Å². The Balaban J connectivity index is 2.35. The van der Waals surface area contributed by atoms with Crippen molar-refractivity contribution in [2.45, 2.75) is 26.7 Å². The molecule has 5 nitrogen and oxygen atoms in total. The number of hydrogen-bond donors (Lipinski definition) is 0. The molecular weight excluding hydrogens is 208 g/mol. The van der Waals surface area contributed by atoms with Gasteiger partial charge >= 0.3 is 5.97 Å². The first-order chi connectivity index (χ1) is 7.72. The maximum Gasteiger partial charge on any atom is 0.358 e. The van der Waals surface area contributed by atoms with Crippen molar-refractivity contribution >= 4 is 5.97 Å². The molecule has 0 fully saturated rings. The van der Waals surface area contributed by atoms with E-state index in [2.05, 4.69) is 9.97 Å². The second-order valence-corrected chi connectivity index (χ2v) is 3.58. The Labute approximate surface area is 93.8 Å². The number of aromatic nitrogens is 2. The van der Waals surface area contributed by atoms with Crippen molar-refractivity contribution in [3.8, 4) is 5.88 Å². The average Bonchev–Trinajstić information content (AvgIpc) is 2.28. The zero-order chi connectivity index (χ0) is 11.5. The molecule has 0 N–H and O–H groups in total. The van der Waals surface area contributed by atoms with E-state index in [0.29, 0.717) is 24.8 Å². The lowest BCUT2D eigenvalue weighted by Gasteiger charge is -2.16. The van der Waals surface area contributed by atoms with E-state index in [4.69, 9.17) is 9.47 Å². The molecule has 0 radical (unpaired) electrons. The molecule has 1 aromatic heterocycles. The second kappa shape index (κ2) is 4.47. The van der Waals surface area contributed by atoms with Crippen LogP contribution < -0.4 is 4.74 Å². The van der Waals surface area contributed by atoms with Gasteiger partial charge in [-0.05, 0) is 26.7 Å². The van der Waals surface area contributed by atoms with Gasteiger partial charge in [0.25, 0.3) is 0 Å². The van der Waals surface area contributed by atoms with Crippen LogP contribution in [0.2, 0.25) is 0 Å². The van der Waals surface area contributed by atoms with Crippen molar-refractivity contribution in [3.63, 3.8) is 0 Å². The molecule has 0 bridgehead atoms. The van der Waals surface area contributed by atoms with Crippen molar-refractivity contribution in [2.24, 2.45) is 0 Å². The lowest BCUT2D eigenvalue weighted by atomic mass is 10.2. The summed E-state index contributed by atoms with van der Waals surface area (Å²) in [4.78, 5) is 20.1. The lowest BCUT2D eigenvalue weighted by Crippen LogP contribution is -2.17. The third-order valence-electron chi connectivity index (χ3n) is 2.37. The van der Waals surface area contributed by atoms with Crippen LogP contribution in [0.15, 0.2) is 0 Å². The molecule has 86 valence electrons. The summed E-state index contributed by atoms with van der Waals surface area (Å²) in [6, 6.07) is 0. The number of esters is 1. The number of fused-ring (bicyclic) bond motifs is 1. The monoisotopic (exact) mass is 222 g/mol. The number of hydrogen-bond acceptors (Lipinski definition) is 5. The minimum Gasteiger partial charge on any atom is -0.476 e. The van der Waals surface area contributed by atoms with Crippen LogP contribution in [0.4, 0.5) is 0 Å². The molecule has 1 aliphatic rings. The van der Waals surface area contributed by atoms with Crippen molar-refractivity contribution in [1.82, 2.24) is 9.97 Å². The van der Waals surface area contributed by atoms with Gasteiger partial charge in [0.15, 0.2) is 5.69 Å². The van der Waals surface area contributed by atoms with Crippen LogP contribution in [0.1, 0.15) is 35.2 Å². The molecule has 0 spiro atoms. The number of carbonyl (C=O) groups excluding carboxylic acids is 1. The van der Waals surface area contributed by atoms with Gasteiger partial charge in [-0.3, -0.25) is 0 Å². The summed E-state index contributed by atoms with van der Waals surface area (Å²) in [5.74, 6) is 0.0318. The van der Waals surface area contributed by atoms with E-state index in [-0.39, 0.29) is 5.69 Å². The molecule has 2 rings (SSSR count). The van der Waals surface area contributed by atoms with Crippen LogP contribution in [-0.4, -0.2) is 29.2 Å². The normalized spacial score (nSPS) is 13.9. The summed E-state index contributed by atoms with van der Waals surface area (Å²) in [6.07, 6.45) is 1.80. The Morgan fingerprint density at radius 3 is 3.06 bits per heavy atom. The molecular formula is C11H14N2O3. The van der Waals surface area contributed by atoms with E-state index >= 15 is 0 Å². The fraction of sp³-hybridized carbons (Fsp3) is 0.545. The van der Waals surface area contributed by atoms with Crippen LogP contribution >= 0.6 is 0 Å². The molecule has 0 saturated carbocycles. The average molecular weight is 222 g/mol. The fourth-order valence-corrected chi connectivity index (χ4v) is 1.63. The van der Waals surface area contributed by atoms with Gasteiger partial charge in [-0.15, -0.1) is 0 Å². The van der Waals surface area contributed by atoms with E-state index in [1.807, 2.05) is 0 Å². The largest absolute Gasteiger partial charge is 0.476 e. The van der Waals surface area contributed by atoms with Crippen molar-refractivity contribution in [2.75, 3.05) is 13.2 Å². The summed E-state index contributed by atoms with van der Waals surface area (Å²) in [7, 11) is 0. The highest BCUT2D eigenvalue weighted by Crippen LogP contribution is 2.22. The molecule has 16 heavy (non-hydrogen) atoms. The maximum absolute atomic E-state index is 11.6. The third kappa shape index (κ3) is 1.98. The number of rotatable bonds is 2. The van der Waals surface area contributed by atoms with Crippen LogP contribution in [0.3, 0.4) is 0 Å². The van der Waals surface area contributed by atoms with Gasteiger partial charge in [-0.1, -0.05) is 0 Å². The molecule has 5 heteroatoms. The summed E-state index contributed by atoms with van der Waals surface area (Å²) < 4.78 is 10.3. The SMILES string of the molecule is CCOC(=O)c1nc2c(nc1C)CCCO2. The van der Waals surface area contributed by atoms with Gasteiger partial charge in [-0.2, -0.15) is 0 Å². The minimum atomic E-state index is -0.440. The molecule has 0 atom stereocenters. The fourth-order valence-electron chi connectivity index (χ4n) is 1.63. The van der Waals surface area contributed by atoms with Gasteiger partial charge in [-0.25, -0.2) is 14.8 Å². The van der Waals surface area contributed by atoms with Gasteiger partial charge in [0, 0.05) is 0 Å². The molecule has 0 unspecified atom stereocenters. The Kier molecular flexibility index (Phi) is 3.03. The molecule has 2 heterocycles. The summed E-state index contributed by atoms with van der Waals surface area (Å²) >= 11 is 0. The maximum atomic E-state index is 11.6. The highest BCUT2D eigenvalue weighted by atomic mass is 16.5. The zero-order valence-electron chi connectivity index (χ0n) is 9.45. The number of nitrogens with zero attached hydrogens (tertiary/aromatic N) is 2. The highest BCUT2D eigenvalue weighted by Gasteiger charge is 2.20. The smallest absolute Gasteiger partial charge is 0.358 e. The Bertz CT molecular complexity index is 418. The predicted octanol–water partition coefficient (Wildman–Crippen LogP) is 1.29. The lowest BCUT2D eigenvalue weighted by molar-refractivity contribution is 0.0516. The topological polar surface area (TPSA) is 61.3 Å². The number of ether oxygens (including phenoxy) is 2. The third-order valence-corrected chi connectivity index (χ3v) is 2.37. The first-order valence-electron chi connectivity index (χ1n) is 5.39. The molecule has 1 aliphatic heterocycles. The van der Waals surface area contributed by atoms with Crippen molar-refractivity contribution < 1.29 is 14.3 Å². The Hall–Kier alpha value is -1.65. The van der Waals surface area contributed by atoms with Gasteiger partial charge in [0.1, 0.15) is 5.69 Å².